The molecule has 0 aliphatic carbocycles. The van der Waals surface area contributed by atoms with Crippen LogP contribution in [0.5, 0.6) is 11.5 Å². The molecule has 3 aromatic carbocycles. The van der Waals surface area contributed by atoms with Crippen LogP contribution in [0.3, 0.4) is 0 Å². The van der Waals surface area contributed by atoms with Crippen LogP contribution in [0, 0.1) is 11.3 Å². The van der Waals surface area contributed by atoms with E-state index < -0.39 is 0 Å². The lowest BCUT2D eigenvalue weighted by Gasteiger charge is -2.10. The molecule has 0 aliphatic rings. The monoisotopic (exact) mass is 463 g/mol. The van der Waals surface area contributed by atoms with E-state index in [2.05, 4.69) is 32.5 Å². The molecule has 0 aliphatic heterocycles. The molecule has 6 nitrogen and oxygen atoms in total. The van der Waals surface area contributed by atoms with Gasteiger partial charge in [0.15, 0.2) is 0 Å². The molecule has 0 bridgehead atoms. The fourth-order valence-corrected chi connectivity index (χ4v) is 3.11. The van der Waals surface area contributed by atoms with Gasteiger partial charge in [-0.15, -0.1) is 0 Å². The Hall–Kier alpha value is -3.63. The number of nitrogens with one attached hydrogen (secondary N) is 1. The quantitative estimate of drug-likeness (QED) is 0.407. The molecule has 0 unspecified atom stereocenters. The molecule has 0 fully saturated rings. The summed E-state index contributed by atoms with van der Waals surface area (Å²) in [6, 6.07) is 21.7. The van der Waals surface area contributed by atoms with E-state index >= 15 is 0 Å². The van der Waals surface area contributed by atoms with Crippen LogP contribution in [0.1, 0.15) is 27.0 Å². The summed E-state index contributed by atoms with van der Waals surface area (Å²) in [7, 11) is 1.57. The van der Waals surface area contributed by atoms with E-state index in [-0.39, 0.29) is 12.5 Å². The van der Waals surface area contributed by atoms with Crippen LogP contribution in [0.25, 0.3) is 0 Å². The Morgan fingerprint density at radius 1 is 1.17 bits per heavy atom. The largest absolute Gasteiger partial charge is 0.497 e. The van der Waals surface area contributed by atoms with Gasteiger partial charge in [0.25, 0.3) is 5.91 Å². The summed E-state index contributed by atoms with van der Waals surface area (Å²) in [6.07, 6.45) is 1.54. The summed E-state index contributed by atoms with van der Waals surface area (Å²) >= 11 is 3.48. The Morgan fingerprint density at radius 3 is 2.63 bits per heavy atom. The molecule has 1 amide bonds. The first-order chi connectivity index (χ1) is 14.6. The van der Waals surface area contributed by atoms with Crippen LogP contribution in [0.4, 0.5) is 0 Å². The van der Waals surface area contributed by atoms with Gasteiger partial charge < -0.3 is 9.47 Å². The van der Waals surface area contributed by atoms with Gasteiger partial charge in [0.2, 0.25) is 0 Å². The average Bonchev–Trinajstić information content (AvgIpc) is 2.78. The molecule has 3 rings (SSSR count). The number of nitriles is 1. The number of hydrogen-bond acceptors (Lipinski definition) is 5. The summed E-state index contributed by atoms with van der Waals surface area (Å²) in [5, 5.41) is 13.2. The highest BCUT2D eigenvalue weighted by molar-refractivity contribution is 9.10. The number of amides is 1. The van der Waals surface area contributed by atoms with Gasteiger partial charge in [0.1, 0.15) is 18.1 Å². The Bertz CT molecular complexity index is 1110. The predicted octanol–water partition coefficient (Wildman–Crippen LogP) is 4.67. The zero-order chi connectivity index (χ0) is 21.3. The van der Waals surface area contributed by atoms with Crippen molar-refractivity contribution in [1.82, 2.24) is 5.43 Å². The van der Waals surface area contributed by atoms with Crippen LogP contribution in [-0.4, -0.2) is 19.2 Å². The van der Waals surface area contributed by atoms with Crippen molar-refractivity contribution in [2.24, 2.45) is 5.10 Å². The highest BCUT2D eigenvalue weighted by Crippen LogP contribution is 2.26. The molecule has 30 heavy (non-hydrogen) atoms. The van der Waals surface area contributed by atoms with Gasteiger partial charge in [-0.25, -0.2) is 5.43 Å². The van der Waals surface area contributed by atoms with Crippen molar-refractivity contribution in [3.63, 3.8) is 0 Å². The van der Waals surface area contributed by atoms with Gasteiger partial charge in [-0.2, -0.15) is 10.4 Å². The van der Waals surface area contributed by atoms with Crippen LogP contribution < -0.4 is 14.9 Å². The second kappa shape index (κ2) is 10.2. The number of ether oxygens (including phenoxy) is 2. The molecule has 1 N–H and O–H groups in total. The fraction of sp³-hybridized carbons (Fsp3) is 0.0870. The normalized spacial score (nSPS) is 10.4. The summed E-state index contributed by atoms with van der Waals surface area (Å²) in [5.41, 5.74) is 5.16. The number of carbonyl (C=O) groups is 1. The molecule has 0 saturated carbocycles. The third kappa shape index (κ3) is 5.46. The number of hydrazone groups is 1. The first kappa shape index (κ1) is 21.1. The molecule has 0 saturated heterocycles. The first-order valence-electron chi connectivity index (χ1n) is 8.98. The van der Waals surface area contributed by atoms with Crippen molar-refractivity contribution in [3.05, 3.63) is 93.5 Å². The standard InChI is InChI=1S/C23H18BrN3O3/c1-29-20-9-7-17(8-10-20)23(28)27-26-14-16-6-11-22(21(24)12-16)30-15-19-5-3-2-4-18(19)13-25/h2-12,14H,15H2,1H3,(H,27,28)/b26-14-. The second-order valence-electron chi connectivity index (χ2n) is 6.18. The molecule has 0 radical (unpaired) electrons. The zero-order valence-electron chi connectivity index (χ0n) is 16.1. The summed E-state index contributed by atoms with van der Waals surface area (Å²) < 4.78 is 11.6. The van der Waals surface area contributed by atoms with Crippen LogP contribution >= 0.6 is 15.9 Å². The first-order valence-corrected chi connectivity index (χ1v) is 9.78. The lowest BCUT2D eigenvalue weighted by atomic mass is 10.1. The maximum Gasteiger partial charge on any atom is 0.271 e. The van der Waals surface area contributed by atoms with E-state index in [1.807, 2.05) is 30.3 Å². The third-order valence-corrected chi connectivity index (χ3v) is 4.83. The van der Waals surface area contributed by atoms with Gasteiger partial charge in [0.05, 0.1) is 29.4 Å². The number of nitrogens with zero attached hydrogens (tertiary/aromatic N) is 2. The van der Waals surface area contributed by atoms with E-state index in [1.54, 1.807) is 49.7 Å². The van der Waals surface area contributed by atoms with Gasteiger partial charge in [0, 0.05) is 11.1 Å². The fourth-order valence-electron chi connectivity index (χ4n) is 2.60. The zero-order valence-corrected chi connectivity index (χ0v) is 17.7. The van der Waals surface area contributed by atoms with Crippen LogP contribution in [-0.2, 0) is 6.61 Å². The lowest BCUT2D eigenvalue weighted by molar-refractivity contribution is 0.0955. The number of carbonyl (C=O) groups excluding carboxylic acids is 1. The number of hydrogen-bond donors (Lipinski definition) is 1. The van der Waals surface area contributed by atoms with Crippen molar-refractivity contribution < 1.29 is 14.3 Å². The SMILES string of the molecule is COc1ccc(C(=O)N/N=C\c2ccc(OCc3ccccc3C#N)c(Br)c2)cc1. The van der Waals surface area contributed by atoms with Crippen LogP contribution in [0.15, 0.2) is 76.3 Å². The lowest BCUT2D eigenvalue weighted by Crippen LogP contribution is -2.17. The van der Waals surface area contributed by atoms with Crippen molar-refractivity contribution in [2.75, 3.05) is 7.11 Å². The minimum absolute atomic E-state index is 0.285. The second-order valence-corrected chi connectivity index (χ2v) is 7.03. The van der Waals surface area contributed by atoms with Crippen molar-refractivity contribution >= 4 is 28.1 Å². The van der Waals surface area contributed by atoms with E-state index in [9.17, 15) is 4.79 Å². The number of rotatable bonds is 7. The summed E-state index contributed by atoms with van der Waals surface area (Å²) in [6.45, 7) is 0.285. The Labute approximate surface area is 182 Å². The minimum atomic E-state index is -0.316. The molecule has 3 aromatic rings. The van der Waals surface area contributed by atoms with Crippen molar-refractivity contribution in [3.8, 4) is 17.6 Å². The Balaban J connectivity index is 1.59. The van der Waals surface area contributed by atoms with E-state index in [1.165, 1.54) is 0 Å². The van der Waals surface area contributed by atoms with Gasteiger partial charge in [-0.3, -0.25) is 4.79 Å². The maximum absolute atomic E-state index is 12.1. The Kier molecular flexibility index (Phi) is 7.19. The molecule has 0 spiro atoms. The number of benzene rings is 3. The third-order valence-electron chi connectivity index (χ3n) is 4.21. The van der Waals surface area contributed by atoms with Crippen LogP contribution in [0.2, 0.25) is 0 Å². The van der Waals surface area contributed by atoms with Crippen molar-refractivity contribution in [2.45, 2.75) is 6.61 Å². The molecule has 150 valence electrons. The minimum Gasteiger partial charge on any atom is -0.497 e. The van der Waals surface area contributed by atoms with Gasteiger partial charge in [-0.1, -0.05) is 18.2 Å². The molecule has 0 aromatic heterocycles. The molecular weight excluding hydrogens is 446 g/mol. The van der Waals surface area contributed by atoms with Gasteiger partial charge in [-0.05, 0) is 70.0 Å². The van der Waals surface area contributed by atoms with E-state index in [0.717, 1.165) is 15.6 Å². The number of methoxy groups -OCH3 is 1. The Morgan fingerprint density at radius 2 is 1.93 bits per heavy atom. The highest BCUT2D eigenvalue weighted by Gasteiger charge is 2.06. The molecular formula is C23H18BrN3O3. The smallest absolute Gasteiger partial charge is 0.271 e. The van der Waals surface area contributed by atoms with E-state index in [0.29, 0.717) is 22.6 Å². The predicted molar refractivity (Wildman–Crippen MR) is 118 cm³/mol. The van der Waals surface area contributed by atoms with E-state index in [4.69, 9.17) is 14.7 Å². The molecule has 0 atom stereocenters. The van der Waals surface area contributed by atoms with Gasteiger partial charge >= 0.3 is 0 Å². The maximum atomic E-state index is 12.1. The summed E-state index contributed by atoms with van der Waals surface area (Å²) in [4.78, 5) is 12.1. The molecule has 7 heteroatoms. The highest BCUT2D eigenvalue weighted by atomic mass is 79.9. The topological polar surface area (TPSA) is 83.7 Å². The van der Waals surface area contributed by atoms with Crippen molar-refractivity contribution in [1.29, 1.82) is 5.26 Å². The molecule has 0 heterocycles. The average molecular weight is 464 g/mol. The number of halogens is 1. The summed E-state index contributed by atoms with van der Waals surface area (Å²) in [5.74, 6) is 1.00.